The molecule has 0 aromatic heterocycles. The van der Waals surface area contributed by atoms with Gasteiger partial charge in [0.25, 0.3) is 0 Å². The second-order valence-electron chi connectivity index (χ2n) is 9.34. The van der Waals surface area contributed by atoms with E-state index in [1.165, 1.54) is 0 Å². The van der Waals surface area contributed by atoms with Crippen molar-refractivity contribution in [3.8, 4) is 11.5 Å². The van der Waals surface area contributed by atoms with Crippen molar-refractivity contribution in [2.75, 3.05) is 52.8 Å². The van der Waals surface area contributed by atoms with Crippen LogP contribution in [0.25, 0.3) is 10.4 Å². The van der Waals surface area contributed by atoms with Gasteiger partial charge >= 0.3 is 13.7 Å². The summed E-state index contributed by atoms with van der Waals surface area (Å²) in [4.78, 5) is 19.6. The average Bonchev–Trinajstić information content (AvgIpc) is 3.04. The van der Waals surface area contributed by atoms with Crippen molar-refractivity contribution in [1.82, 2.24) is 5.32 Å². The number of rotatable bonds is 21. The maximum absolute atomic E-state index is 14.6. The van der Waals surface area contributed by atoms with E-state index in [4.69, 9.17) is 45.0 Å². The standard InChI is InChI=1S/C30H38N7O8P/c31-29(32)35-25-13-11-24(12-14-25)23-28(36-30(38)43-22-21-42-20-19-41-18-17-40-16-15-34-37-33)46(39,44-26-7-3-1-4-8-26)45-27-9-5-2-6-10-27/h1-14,28H,15-23H2,(H,36,38)(H4,31,32,35). The summed E-state index contributed by atoms with van der Waals surface area (Å²) in [5.41, 5.74) is 20.4. The molecule has 1 atom stereocenters. The Kier molecular flexibility index (Phi) is 15.7. The van der Waals surface area contributed by atoms with E-state index in [-0.39, 0.29) is 38.7 Å². The number of guanidine groups is 1. The normalized spacial score (nSPS) is 11.5. The molecule has 0 saturated heterocycles. The van der Waals surface area contributed by atoms with Crippen LogP contribution in [0.5, 0.6) is 11.5 Å². The quantitative estimate of drug-likeness (QED) is 0.0268. The van der Waals surface area contributed by atoms with Crippen LogP contribution in [0.1, 0.15) is 5.56 Å². The maximum atomic E-state index is 14.6. The molecule has 1 unspecified atom stereocenters. The number of nitrogens with zero attached hydrogens (tertiary/aromatic N) is 4. The lowest BCUT2D eigenvalue weighted by Gasteiger charge is -2.28. The highest BCUT2D eigenvalue weighted by atomic mass is 31.2. The number of benzene rings is 3. The smallest absolute Gasteiger partial charge is 0.447 e. The predicted octanol–water partition coefficient (Wildman–Crippen LogP) is 4.90. The lowest BCUT2D eigenvalue weighted by atomic mass is 10.1. The second kappa shape index (κ2) is 20.3. The van der Waals surface area contributed by atoms with E-state index >= 15 is 0 Å². The third kappa shape index (κ3) is 13.9. The Balaban J connectivity index is 1.62. The minimum Gasteiger partial charge on any atom is -0.447 e. The maximum Gasteiger partial charge on any atom is 0.453 e. The predicted molar refractivity (Wildman–Crippen MR) is 172 cm³/mol. The number of carbonyl (C=O) groups excluding carboxylic acids is 1. The van der Waals surface area contributed by atoms with Crippen molar-refractivity contribution in [2.24, 2.45) is 21.6 Å². The Morgan fingerprint density at radius 1 is 0.783 bits per heavy atom. The minimum absolute atomic E-state index is 0.0528. The Labute approximate surface area is 266 Å². The molecule has 0 fully saturated rings. The van der Waals surface area contributed by atoms with Crippen molar-refractivity contribution in [1.29, 1.82) is 0 Å². The highest BCUT2D eigenvalue weighted by molar-refractivity contribution is 7.55. The summed E-state index contributed by atoms with van der Waals surface area (Å²) in [6.45, 7) is 1.92. The molecular weight excluding hydrogens is 617 g/mol. The summed E-state index contributed by atoms with van der Waals surface area (Å²) >= 11 is 0. The van der Waals surface area contributed by atoms with Crippen LogP contribution in [0, 0.1) is 0 Å². The van der Waals surface area contributed by atoms with Crippen LogP contribution in [0.2, 0.25) is 0 Å². The van der Waals surface area contributed by atoms with Crippen LogP contribution in [0.3, 0.4) is 0 Å². The van der Waals surface area contributed by atoms with Crippen LogP contribution in [0.4, 0.5) is 10.5 Å². The van der Waals surface area contributed by atoms with Gasteiger partial charge in [-0.2, -0.15) is 0 Å². The van der Waals surface area contributed by atoms with Crippen molar-refractivity contribution < 1.29 is 37.4 Å². The number of azide groups is 1. The number of nitrogens with two attached hydrogens (primary N) is 2. The highest BCUT2D eigenvalue weighted by Gasteiger charge is 2.41. The van der Waals surface area contributed by atoms with Gasteiger partial charge in [-0.1, -0.05) is 53.6 Å². The Bertz CT molecular complexity index is 1390. The molecule has 0 saturated carbocycles. The fraction of sp³-hybridized carbons (Fsp3) is 0.333. The van der Waals surface area contributed by atoms with Gasteiger partial charge in [-0.05, 0) is 47.5 Å². The number of hydrogen-bond donors (Lipinski definition) is 3. The Morgan fingerprint density at radius 3 is 1.83 bits per heavy atom. The van der Waals surface area contributed by atoms with Gasteiger partial charge in [-0.15, -0.1) is 0 Å². The van der Waals surface area contributed by atoms with E-state index in [0.29, 0.717) is 49.2 Å². The van der Waals surface area contributed by atoms with E-state index in [9.17, 15) is 9.36 Å². The molecule has 3 rings (SSSR count). The SMILES string of the molecule is [N-]=[N+]=NCCOCCOCCOCCOC(=O)NC(Cc1ccc(N=C(N)N)cc1)P(=O)(Oc1ccccc1)Oc1ccccc1. The molecule has 3 aromatic carbocycles. The van der Waals surface area contributed by atoms with Gasteiger partial charge in [0.2, 0.25) is 0 Å². The molecule has 1 amide bonds. The van der Waals surface area contributed by atoms with Crippen LogP contribution in [-0.4, -0.2) is 70.6 Å². The lowest BCUT2D eigenvalue weighted by molar-refractivity contribution is 0.00669. The third-order valence-corrected chi connectivity index (χ3v) is 7.85. The molecule has 0 aliphatic carbocycles. The van der Waals surface area contributed by atoms with E-state index in [0.717, 1.165) is 0 Å². The summed E-state index contributed by atoms with van der Waals surface area (Å²) in [5.74, 6) is -0.674. The zero-order valence-corrected chi connectivity index (χ0v) is 26.1. The number of ether oxygens (including phenoxy) is 4. The molecule has 16 heteroatoms. The summed E-state index contributed by atoms with van der Waals surface area (Å²) < 4.78 is 47.9. The number of nitrogens with one attached hydrogen (secondary N) is 1. The molecule has 46 heavy (non-hydrogen) atoms. The number of para-hydroxylation sites is 2. The molecule has 0 heterocycles. The number of alkyl carbamates (subject to hydrolysis) is 1. The summed E-state index contributed by atoms with van der Waals surface area (Å²) in [6, 6.07) is 23.9. The topological polar surface area (TPSA) is 215 Å². The molecule has 0 radical (unpaired) electrons. The molecule has 0 aliphatic heterocycles. The van der Waals surface area contributed by atoms with E-state index in [1.807, 2.05) is 0 Å². The second-order valence-corrected chi connectivity index (χ2v) is 11.4. The van der Waals surface area contributed by atoms with Crippen molar-refractivity contribution in [2.45, 2.75) is 12.2 Å². The fourth-order valence-corrected chi connectivity index (χ4v) is 5.61. The molecule has 0 aliphatic rings. The van der Waals surface area contributed by atoms with Crippen LogP contribution < -0.4 is 25.8 Å². The van der Waals surface area contributed by atoms with Crippen LogP contribution >= 0.6 is 7.60 Å². The first kappa shape index (κ1) is 35.7. The fourth-order valence-electron chi connectivity index (χ4n) is 3.79. The van der Waals surface area contributed by atoms with Crippen molar-refractivity contribution in [3.05, 3.63) is 101 Å². The Hall–Kier alpha value is -4.78. The first-order chi connectivity index (χ1) is 22.4. The van der Waals surface area contributed by atoms with Gasteiger partial charge in [-0.3, -0.25) is 0 Å². The molecule has 15 nitrogen and oxygen atoms in total. The zero-order chi connectivity index (χ0) is 32.9. The molecule has 5 N–H and O–H groups in total. The average molecular weight is 656 g/mol. The number of amides is 1. The van der Waals surface area contributed by atoms with Crippen molar-refractivity contribution >= 4 is 25.3 Å². The number of aliphatic imine (C=N–C) groups is 1. The molecule has 3 aromatic rings. The lowest BCUT2D eigenvalue weighted by Crippen LogP contribution is -2.39. The van der Waals surface area contributed by atoms with Gasteiger partial charge < -0.3 is 44.8 Å². The minimum atomic E-state index is -4.16. The molecule has 246 valence electrons. The number of carbonyl (C=O) groups is 1. The van der Waals surface area contributed by atoms with Gasteiger partial charge in [-0.25, -0.2) is 14.4 Å². The van der Waals surface area contributed by atoms with E-state index < -0.39 is 19.5 Å². The zero-order valence-electron chi connectivity index (χ0n) is 25.2. The largest absolute Gasteiger partial charge is 0.453 e. The van der Waals surface area contributed by atoms with Gasteiger partial charge in [0.05, 0.1) is 45.3 Å². The van der Waals surface area contributed by atoms with E-state index in [2.05, 4.69) is 20.3 Å². The summed E-state index contributed by atoms with van der Waals surface area (Å²) in [5, 5.41) is 6.04. The van der Waals surface area contributed by atoms with Gasteiger partial charge in [0.1, 0.15) is 18.1 Å². The summed E-state index contributed by atoms with van der Waals surface area (Å²) in [7, 11) is -4.16. The van der Waals surface area contributed by atoms with Gasteiger partial charge in [0, 0.05) is 17.9 Å². The molecular formula is C30H38N7O8P. The molecule has 0 bridgehead atoms. The first-order valence-corrected chi connectivity index (χ1v) is 15.9. The summed E-state index contributed by atoms with van der Waals surface area (Å²) in [6.07, 6.45) is -0.787. The monoisotopic (exact) mass is 655 g/mol. The Morgan fingerprint density at radius 2 is 1.30 bits per heavy atom. The number of hydrogen-bond acceptors (Lipinski definition) is 10. The van der Waals surface area contributed by atoms with E-state index in [1.54, 1.807) is 84.9 Å². The molecule has 0 spiro atoms. The van der Waals surface area contributed by atoms with Crippen molar-refractivity contribution in [3.63, 3.8) is 0 Å². The first-order valence-electron chi connectivity index (χ1n) is 14.3. The highest BCUT2D eigenvalue weighted by Crippen LogP contribution is 2.53. The third-order valence-electron chi connectivity index (χ3n) is 5.85. The van der Waals surface area contributed by atoms with Gasteiger partial charge in [0.15, 0.2) is 11.7 Å². The van der Waals surface area contributed by atoms with Crippen LogP contribution in [-0.2, 0) is 29.9 Å². The van der Waals surface area contributed by atoms with Crippen LogP contribution in [0.15, 0.2) is 95.0 Å².